The van der Waals surface area contributed by atoms with Crippen molar-refractivity contribution in [2.75, 3.05) is 40.3 Å². The van der Waals surface area contributed by atoms with Gasteiger partial charge in [0.1, 0.15) is 5.60 Å². The first-order valence-electron chi connectivity index (χ1n) is 8.16. The summed E-state index contributed by atoms with van der Waals surface area (Å²) in [5.74, 6) is 0.0955. The smallest absolute Gasteiger partial charge is 0.410 e. The van der Waals surface area contributed by atoms with Crippen LogP contribution in [-0.4, -0.2) is 89.3 Å². The minimum Gasteiger partial charge on any atom is -0.444 e. The van der Waals surface area contributed by atoms with E-state index in [2.05, 4.69) is 0 Å². The van der Waals surface area contributed by atoms with Crippen molar-refractivity contribution in [2.45, 2.75) is 50.9 Å². The topological polar surface area (TPSA) is 73.3 Å². The molecule has 1 N–H and O–H groups in total. The Morgan fingerprint density at radius 1 is 1.43 bits per heavy atom. The number of nitrogens with zero attached hydrogens (tertiary/aromatic N) is 3. The summed E-state index contributed by atoms with van der Waals surface area (Å²) in [6.45, 7) is 7.29. The third kappa shape index (κ3) is 4.35. The van der Waals surface area contributed by atoms with Crippen LogP contribution in [0.15, 0.2) is 0 Å². The molecule has 0 aromatic heterocycles. The maximum Gasteiger partial charge on any atom is 0.410 e. The molecule has 0 saturated carbocycles. The number of amides is 2. The summed E-state index contributed by atoms with van der Waals surface area (Å²) >= 11 is 0. The number of likely N-dealkylation sites (N-methyl/N-ethyl adjacent to an activating group) is 2. The molecule has 23 heavy (non-hydrogen) atoms. The van der Waals surface area contributed by atoms with Crippen molar-refractivity contribution in [3.63, 3.8) is 0 Å². The summed E-state index contributed by atoms with van der Waals surface area (Å²) in [5, 5.41) is 10.8. The van der Waals surface area contributed by atoms with E-state index in [1.54, 1.807) is 16.8 Å². The standard InChI is InChI=1S/C16H29N3O4/c1-15(2,3)23-14(21)19-9-7-16(22,11-19)10-18(5)12-6-8-17(4)13(12)20/h12,22H,6-11H2,1-5H3. The molecule has 0 aromatic rings. The number of hydrogen-bond acceptors (Lipinski definition) is 5. The molecule has 2 fully saturated rings. The number of likely N-dealkylation sites (tertiary alicyclic amines) is 2. The number of aliphatic hydroxyl groups is 1. The molecule has 2 unspecified atom stereocenters. The van der Waals surface area contributed by atoms with Crippen LogP contribution < -0.4 is 0 Å². The molecule has 2 amide bonds. The van der Waals surface area contributed by atoms with Crippen molar-refractivity contribution in [2.24, 2.45) is 0 Å². The highest BCUT2D eigenvalue weighted by Gasteiger charge is 2.43. The average Bonchev–Trinajstić information content (AvgIpc) is 2.93. The fourth-order valence-corrected chi connectivity index (χ4v) is 3.26. The number of ether oxygens (including phenoxy) is 1. The normalized spacial score (nSPS) is 28.8. The summed E-state index contributed by atoms with van der Waals surface area (Å²) in [5.41, 5.74) is -1.54. The summed E-state index contributed by atoms with van der Waals surface area (Å²) in [6.07, 6.45) is 0.873. The van der Waals surface area contributed by atoms with Crippen LogP contribution in [0.25, 0.3) is 0 Å². The summed E-state index contributed by atoms with van der Waals surface area (Å²) < 4.78 is 5.35. The maximum atomic E-state index is 12.1. The lowest BCUT2D eigenvalue weighted by Crippen LogP contribution is -2.49. The van der Waals surface area contributed by atoms with Gasteiger partial charge in [-0.3, -0.25) is 9.69 Å². The Morgan fingerprint density at radius 2 is 2.09 bits per heavy atom. The zero-order chi connectivity index (χ0) is 17.4. The van der Waals surface area contributed by atoms with Gasteiger partial charge in [-0.05, 0) is 40.7 Å². The third-order valence-corrected chi connectivity index (χ3v) is 4.46. The summed E-state index contributed by atoms with van der Waals surface area (Å²) in [6, 6.07) is -0.181. The van der Waals surface area contributed by atoms with Crippen molar-refractivity contribution >= 4 is 12.0 Å². The molecule has 2 atom stereocenters. The highest BCUT2D eigenvalue weighted by atomic mass is 16.6. The van der Waals surface area contributed by atoms with Gasteiger partial charge in [0.2, 0.25) is 5.91 Å². The zero-order valence-electron chi connectivity index (χ0n) is 14.8. The predicted octanol–water partition coefficient (Wildman–Crippen LogP) is 0.521. The molecular formula is C16H29N3O4. The fourth-order valence-electron chi connectivity index (χ4n) is 3.26. The number of carbonyl (C=O) groups excluding carboxylic acids is 2. The highest BCUT2D eigenvalue weighted by Crippen LogP contribution is 2.26. The minimum absolute atomic E-state index is 0.0955. The summed E-state index contributed by atoms with van der Waals surface area (Å²) in [7, 11) is 3.65. The Bertz CT molecular complexity index is 476. The number of hydrogen-bond donors (Lipinski definition) is 1. The molecular weight excluding hydrogens is 298 g/mol. The number of rotatable bonds is 3. The molecule has 0 aliphatic carbocycles. The average molecular weight is 327 g/mol. The van der Waals surface area contributed by atoms with Crippen LogP contribution in [0.3, 0.4) is 0 Å². The SMILES string of the molecule is CN1CCC(N(C)CC2(O)CCN(C(=O)OC(C)(C)C)C2)C1=O. The van der Waals surface area contributed by atoms with Gasteiger partial charge in [-0.15, -0.1) is 0 Å². The zero-order valence-corrected chi connectivity index (χ0v) is 14.8. The maximum absolute atomic E-state index is 12.1. The number of β-amino-alcohol motifs (C(OH)–C–C–N with tert-alkyl or cyclic N) is 1. The third-order valence-electron chi connectivity index (χ3n) is 4.46. The molecule has 0 spiro atoms. The molecule has 0 aromatic carbocycles. The first-order chi connectivity index (χ1) is 10.5. The first kappa shape index (κ1) is 18.0. The Morgan fingerprint density at radius 3 is 2.61 bits per heavy atom. The first-order valence-corrected chi connectivity index (χ1v) is 8.16. The molecule has 2 aliphatic heterocycles. The van der Waals surface area contributed by atoms with Crippen LogP contribution in [0.5, 0.6) is 0 Å². The molecule has 132 valence electrons. The van der Waals surface area contributed by atoms with Gasteiger partial charge < -0.3 is 19.6 Å². The highest BCUT2D eigenvalue weighted by molar-refractivity contribution is 5.83. The van der Waals surface area contributed by atoms with Crippen molar-refractivity contribution in [1.82, 2.24) is 14.7 Å². The van der Waals surface area contributed by atoms with E-state index in [1.165, 1.54) is 0 Å². The van der Waals surface area contributed by atoms with Gasteiger partial charge in [-0.25, -0.2) is 4.79 Å². The van der Waals surface area contributed by atoms with Gasteiger partial charge in [0.15, 0.2) is 0 Å². The fraction of sp³-hybridized carbons (Fsp3) is 0.875. The molecule has 2 heterocycles. The van der Waals surface area contributed by atoms with Crippen LogP contribution in [0.1, 0.15) is 33.6 Å². The van der Waals surface area contributed by atoms with Gasteiger partial charge in [0.25, 0.3) is 0 Å². The van der Waals surface area contributed by atoms with E-state index >= 15 is 0 Å². The van der Waals surface area contributed by atoms with Crippen molar-refractivity contribution in [3.8, 4) is 0 Å². The van der Waals surface area contributed by atoms with Crippen LogP contribution in [0, 0.1) is 0 Å². The lowest BCUT2D eigenvalue weighted by molar-refractivity contribution is -0.131. The Hall–Kier alpha value is -1.34. The van der Waals surface area contributed by atoms with Crippen molar-refractivity contribution < 1.29 is 19.4 Å². The molecule has 0 radical (unpaired) electrons. The molecule has 0 bridgehead atoms. The van der Waals surface area contributed by atoms with E-state index in [-0.39, 0.29) is 18.5 Å². The van der Waals surface area contributed by atoms with E-state index in [0.29, 0.717) is 19.5 Å². The Labute approximate surface area is 138 Å². The lowest BCUT2D eigenvalue weighted by Gasteiger charge is -2.32. The van der Waals surface area contributed by atoms with Crippen molar-refractivity contribution in [1.29, 1.82) is 0 Å². The molecule has 2 aliphatic rings. The van der Waals surface area contributed by atoms with Crippen LogP contribution >= 0.6 is 0 Å². The molecule has 2 rings (SSSR count). The van der Waals surface area contributed by atoms with Gasteiger partial charge in [-0.2, -0.15) is 0 Å². The molecule has 7 heteroatoms. The second kappa shape index (κ2) is 6.28. The Balaban J connectivity index is 1.91. The van der Waals surface area contributed by atoms with Crippen LogP contribution in [-0.2, 0) is 9.53 Å². The lowest BCUT2D eigenvalue weighted by atomic mass is 10.0. The monoisotopic (exact) mass is 327 g/mol. The van der Waals surface area contributed by atoms with E-state index in [9.17, 15) is 14.7 Å². The van der Waals surface area contributed by atoms with Gasteiger partial charge in [0.05, 0.1) is 18.2 Å². The van der Waals surface area contributed by atoms with Crippen molar-refractivity contribution in [3.05, 3.63) is 0 Å². The largest absolute Gasteiger partial charge is 0.444 e. The molecule has 7 nitrogen and oxygen atoms in total. The quantitative estimate of drug-likeness (QED) is 0.818. The summed E-state index contributed by atoms with van der Waals surface area (Å²) in [4.78, 5) is 29.3. The predicted molar refractivity (Wildman–Crippen MR) is 86.0 cm³/mol. The molecule has 2 saturated heterocycles. The van der Waals surface area contributed by atoms with Gasteiger partial charge in [0, 0.05) is 26.7 Å². The second-order valence-electron chi connectivity index (χ2n) is 7.86. The van der Waals surface area contributed by atoms with E-state index in [0.717, 1.165) is 13.0 Å². The van der Waals surface area contributed by atoms with E-state index in [1.807, 2.05) is 32.7 Å². The van der Waals surface area contributed by atoms with E-state index < -0.39 is 17.3 Å². The Kier molecular flexibility index (Phi) is 4.92. The second-order valence-corrected chi connectivity index (χ2v) is 7.86. The van der Waals surface area contributed by atoms with Crippen LogP contribution in [0.2, 0.25) is 0 Å². The minimum atomic E-state index is -0.993. The number of carbonyl (C=O) groups is 2. The van der Waals surface area contributed by atoms with Gasteiger partial charge >= 0.3 is 6.09 Å². The van der Waals surface area contributed by atoms with Crippen LogP contribution in [0.4, 0.5) is 4.79 Å². The van der Waals surface area contributed by atoms with E-state index in [4.69, 9.17) is 4.74 Å². The van der Waals surface area contributed by atoms with Gasteiger partial charge in [-0.1, -0.05) is 0 Å².